The van der Waals surface area contributed by atoms with Crippen molar-refractivity contribution in [2.45, 2.75) is 54.0 Å². The molecule has 1 aromatic carbocycles. The van der Waals surface area contributed by atoms with Crippen molar-refractivity contribution in [3.8, 4) is 5.75 Å². The second-order valence-corrected chi connectivity index (χ2v) is 7.34. The Morgan fingerprint density at radius 3 is 2.24 bits per heavy atom. The molecule has 2 heteroatoms. The van der Waals surface area contributed by atoms with Crippen LogP contribution >= 0.6 is 0 Å². The molecule has 2 nitrogen and oxygen atoms in total. The van der Waals surface area contributed by atoms with Crippen LogP contribution in [0, 0.1) is 16.7 Å². The fraction of sp³-hybridized carbons (Fsp3) is 0.684. The molecule has 0 saturated heterocycles. The first-order valence-electron chi connectivity index (χ1n) is 8.33. The van der Waals surface area contributed by atoms with E-state index in [-0.39, 0.29) is 0 Å². The van der Waals surface area contributed by atoms with Crippen molar-refractivity contribution in [2.24, 2.45) is 16.7 Å². The molecule has 1 aliphatic carbocycles. The molecular weight excluding hydrogens is 258 g/mol. The van der Waals surface area contributed by atoms with Crippen LogP contribution in [0.3, 0.4) is 0 Å². The van der Waals surface area contributed by atoms with Gasteiger partial charge in [0.2, 0.25) is 0 Å². The summed E-state index contributed by atoms with van der Waals surface area (Å²) in [6, 6.07) is 8.90. The lowest BCUT2D eigenvalue weighted by molar-refractivity contribution is 0.304. The van der Waals surface area contributed by atoms with Crippen LogP contribution in [0.15, 0.2) is 24.3 Å². The van der Waals surface area contributed by atoms with E-state index in [1.165, 1.54) is 5.56 Å². The maximum Gasteiger partial charge on any atom is 0.124 e. The summed E-state index contributed by atoms with van der Waals surface area (Å²) < 4.78 is 5.99. The SMILES string of the molecule is CCCOc1ccccc1C(NCC)C1C(C)(C)C1(C)C. The van der Waals surface area contributed by atoms with Crippen LogP contribution in [0.2, 0.25) is 0 Å². The summed E-state index contributed by atoms with van der Waals surface area (Å²) in [5.74, 6) is 1.68. The molecule has 21 heavy (non-hydrogen) atoms. The van der Waals surface area contributed by atoms with E-state index in [0.29, 0.717) is 22.8 Å². The van der Waals surface area contributed by atoms with Crippen LogP contribution < -0.4 is 10.1 Å². The summed E-state index contributed by atoms with van der Waals surface area (Å²) in [4.78, 5) is 0. The van der Waals surface area contributed by atoms with E-state index in [1.54, 1.807) is 0 Å². The molecule has 1 aromatic rings. The van der Waals surface area contributed by atoms with Gasteiger partial charge in [0.15, 0.2) is 0 Å². The third-order valence-electron chi connectivity index (χ3n) is 5.61. The van der Waals surface area contributed by atoms with E-state index in [1.807, 2.05) is 0 Å². The zero-order chi connectivity index (χ0) is 15.7. The quantitative estimate of drug-likeness (QED) is 0.778. The number of ether oxygens (including phenoxy) is 1. The van der Waals surface area contributed by atoms with Crippen molar-refractivity contribution in [2.75, 3.05) is 13.2 Å². The second kappa shape index (κ2) is 6.00. The molecule has 0 aliphatic heterocycles. The predicted molar refractivity (Wildman–Crippen MR) is 89.7 cm³/mol. The van der Waals surface area contributed by atoms with E-state index < -0.39 is 0 Å². The third-order valence-corrected chi connectivity index (χ3v) is 5.61. The maximum absolute atomic E-state index is 5.99. The zero-order valence-corrected chi connectivity index (χ0v) is 14.5. The number of rotatable bonds is 7. The Labute approximate surface area is 130 Å². The van der Waals surface area contributed by atoms with Crippen molar-refractivity contribution in [3.63, 3.8) is 0 Å². The molecule has 0 amide bonds. The highest BCUT2D eigenvalue weighted by molar-refractivity contribution is 5.39. The fourth-order valence-electron chi connectivity index (χ4n) is 3.79. The molecule has 1 N–H and O–H groups in total. The Kier molecular flexibility index (Phi) is 4.67. The highest BCUT2D eigenvalue weighted by atomic mass is 16.5. The summed E-state index contributed by atoms with van der Waals surface area (Å²) in [6.45, 7) is 15.6. The minimum absolute atomic E-state index is 0.359. The average Bonchev–Trinajstić information content (AvgIpc) is 2.85. The average molecular weight is 289 g/mol. The number of benzene rings is 1. The molecule has 2 rings (SSSR count). The molecule has 0 spiro atoms. The Morgan fingerprint density at radius 1 is 1.10 bits per heavy atom. The van der Waals surface area contributed by atoms with Crippen LogP contribution in [-0.4, -0.2) is 13.2 Å². The lowest BCUT2D eigenvalue weighted by atomic mass is 9.95. The Bertz CT molecular complexity index is 464. The monoisotopic (exact) mass is 289 g/mol. The molecule has 118 valence electrons. The molecule has 1 aliphatic rings. The van der Waals surface area contributed by atoms with Gasteiger partial charge in [0.1, 0.15) is 5.75 Å². The van der Waals surface area contributed by atoms with Crippen molar-refractivity contribution in [1.82, 2.24) is 5.32 Å². The fourth-order valence-corrected chi connectivity index (χ4v) is 3.79. The van der Waals surface area contributed by atoms with Crippen molar-refractivity contribution in [1.29, 1.82) is 0 Å². The van der Waals surface area contributed by atoms with Gasteiger partial charge in [0, 0.05) is 11.6 Å². The number of hydrogen-bond acceptors (Lipinski definition) is 2. The van der Waals surface area contributed by atoms with Crippen molar-refractivity contribution >= 4 is 0 Å². The molecule has 0 aromatic heterocycles. The zero-order valence-electron chi connectivity index (χ0n) is 14.5. The largest absolute Gasteiger partial charge is 0.493 e. The number of hydrogen-bond donors (Lipinski definition) is 1. The summed E-state index contributed by atoms with van der Waals surface area (Å²) in [5.41, 5.74) is 2.03. The minimum Gasteiger partial charge on any atom is -0.493 e. The van der Waals surface area contributed by atoms with Crippen LogP contribution in [-0.2, 0) is 0 Å². The van der Waals surface area contributed by atoms with Crippen molar-refractivity contribution < 1.29 is 4.74 Å². The predicted octanol–water partition coefficient (Wildman–Crippen LogP) is 4.81. The first kappa shape index (κ1) is 16.4. The van der Waals surface area contributed by atoms with Gasteiger partial charge in [-0.2, -0.15) is 0 Å². The molecule has 1 saturated carbocycles. The van der Waals surface area contributed by atoms with Gasteiger partial charge in [-0.25, -0.2) is 0 Å². The summed E-state index contributed by atoms with van der Waals surface area (Å²) in [7, 11) is 0. The number of para-hydroxylation sites is 1. The molecule has 0 heterocycles. The van der Waals surface area contributed by atoms with E-state index >= 15 is 0 Å². The molecule has 1 atom stereocenters. The molecule has 0 radical (unpaired) electrons. The maximum atomic E-state index is 5.99. The van der Waals surface area contributed by atoms with Crippen LogP contribution in [0.1, 0.15) is 59.6 Å². The number of nitrogens with one attached hydrogen (secondary N) is 1. The van der Waals surface area contributed by atoms with Gasteiger partial charge >= 0.3 is 0 Å². The Balaban J connectivity index is 2.32. The Hall–Kier alpha value is -1.02. The minimum atomic E-state index is 0.359. The van der Waals surface area contributed by atoms with Gasteiger partial charge in [0.05, 0.1) is 6.61 Å². The van der Waals surface area contributed by atoms with Gasteiger partial charge < -0.3 is 10.1 Å². The first-order chi connectivity index (χ1) is 9.87. The summed E-state index contributed by atoms with van der Waals surface area (Å²) in [5, 5.41) is 3.71. The Morgan fingerprint density at radius 2 is 1.71 bits per heavy atom. The smallest absolute Gasteiger partial charge is 0.124 e. The van der Waals surface area contributed by atoms with Gasteiger partial charge in [-0.15, -0.1) is 0 Å². The second-order valence-electron chi connectivity index (χ2n) is 7.34. The van der Waals surface area contributed by atoms with Gasteiger partial charge in [-0.05, 0) is 35.8 Å². The summed E-state index contributed by atoms with van der Waals surface area (Å²) in [6.07, 6.45) is 1.04. The summed E-state index contributed by atoms with van der Waals surface area (Å²) >= 11 is 0. The van der Waals surface area contributed by atoms with E-state index in [4.69, 9.17) is 4.74 Å². The van der Waals surface area contributed by atoms with E-state index in [0.717, 1.165) is 25.3 Å². The van der Waals surface area contributed by atoms with Gasteiger partial charge in [0.25, 0.3) is 0 Å². The standard InChI is InChI=1S/C19H31NO/c1-7-13-21-15-12-10-9-11-14(15)16(20-8-2)17-18(3,4)19(17,5)6/h9-12,16-17,20H,7-8,13H2,1-6H3. The van der Waals surface area contributed by atoms with E-state index in [2.05, 4.69) is 71.1 Å². The molecular formula is C19H31NO. The van der Waals surface area contributed by atoms with Crippen LogP contribution in [0.4, 0.5) is 0 Å². The third kappa shape index (κ3) is 2.83. The normalized spacial score (nSPS) is 21.0. The van der Waals surface area contributed by atoms with E-state index in [9.17, 15) is 0 Å². The first-order valence-corrected chi connectivity index (χ1v) is 8.33. The lowest BCUT2D eigenvalue weighted by Gasteiger charge is -2.23. The molecule has 1 unspecified atom stereocenters. The van der Waals surface area contributed by atoms with Crippen molar-refractivity contribution in [3.05, 3.63) is 29.8 Å². The highest BCUT2D eigenvalue weighted by Crippen LogP contribution is 2.72. The lowest BCUT2D eigenvalue weighted by Crippen LogP contribution is -2.25. The van der Waals surface area contributed by atoms with Crippen LogP contribution in [0.5, 0.6) is 5.75 Å². The topological polar surface area (TPSA) is 21.3 Å². The van der Waals surface area contributed by atoms with Gasteiger partial charge in [-0.3, -0.25) is 0 Å². The van der Waals surface area contributed by atoms with Gasteiger partial charge in [-0.1, -0.05) is 59.7 Å². The van der Waals surface area contributed by atoms with Crippen LogP contribution in [0.25, 0.3) is 0 Å². The molecule has 0 bridgehead atoms. The molecule has 1 fully saturated rings. The highest BCUT2D eigenvalue weighted by Gasteiger charge is 2.67.